The number of benzene rings is 2. The van der Waals surface area contributed by atoms with Gasteiger partial charge in [-0.1, -0.05) is 29.8 Å². The maximum Gasteiger partial charge on any atom is 0.254 e. The van der Waals surface area contributed by atoms with Crippen LogP contribution in [0, 0.1) is 0 Å². The van der Waals surface area contributed by atoms with Crippen molar-refractivity contribution in [3.05, 3.63) is 88.7 Å². The van der Waals surface area contributed by atoms with Gasteiger partial charge in [0.2, 0.25) is 0 Å². The van der Waals surface area contributed by atoms with Gasteiger partial charge in [-0.15, -0.1) is 0 Å². The molecule has 5 nitrogen and oxygen atoms in total. The monoisotopic (exact) mass is 422 g/mol. The molecule has 3 aromatic rings. The van der Waals surface area contributed by atoms with Crippen LogP contribution in [0.2, 0.25) is 5.02 Å². The van der Waals surface area contributed by atoms with Gasteiger partial charge in [-0.3, -0.25) is 9.78 Å². The quantitative estimate of drug-likeness (QED) is 0.505. The van der Waals surface area contributed by atoms with E-state index in [1.165, 1.54) is 0 Å². The Morgan fingerprint density at radius 2 is 1.90 bits per heavy atom. The van der Waals surface area contributed by atoms with E-state index in [1.807, 2.05) is 41.3 Å². The van der Waals surface area contributed by atoms with E-state index in [9.17, 15) is 4.79 Å². The van der Waals surface area contributed by atoms with Crippen LogP contribution in [0.1, 0.15) is 34.3 Å². The Bertz CT molecular complexity index is 1000. The van der Waals surface area contributed by atoms with E-state index in [2.05, 4.69) is 4.98 Å². The summed E-state index contributed by atoms with van der Waals surface area (Å²) in [6, 6.07) is 17.0. The first-order chi connectivity index (χ1) is 14.6. The van der Waals surface area contributed by atoms with Crippen molar-refractivity contribution in [2.45, 2.75) is 32.0 Å². The van der Waals surface area contributed by atoms with Gasteiger partial charge in [0.1, 0.15) is 6.61 Å². The summed E-state index contributed by atoms with van der Waals surface area (Å²) >= 11 is 5.93. The van der Waals surface area contributed by atoms with E-state index < -0.39 is 0 Å². The first kappa shape index (κ1) is 20.2. The first-order valence-electron chi connectivity index (χ1n) is 9.89. The lowest BCUT2D eigenvalue weighted by atomic mass is 10.1. The van der Waals surface area contributed by atoms with Crippen molar-refractivity contribution in [2.75, 3.05) is 7.11 Å². The summed E-state index contributed by atoms with van der Waals surface area (Å²) < 4.78 is 11.4. The minimum Gasteiger partial charge on any atom is -0.493 e. The molecule has 0 unspecified atom stereocenters. The molecule has 0 spiro atoms. The third-order valence-electron chi connectivity index (χ3n) is 5.04. The summed E-state index contributed by atoms with van der Waals surface area (Å²) in [6.07, 6.45) is 5.61. The van der Waals surface area contributed by atoms with Crippen molar-refractivity contribution < 1.29 is 14.3 Å². The Kier molecular flexibility index (Phi) is 6.19. The summed E-state index contributed by atoms with van der Waals surface area (Å²) in [5, 5.41) is 0.686. The summed E-state index contributed by atoms with van der Waals surface area (Å²) in [4.78, 5) is 19.3. The fraction of sp³-hybridized carbons (Fsp3) is 0.250. The Balaban J connectivity index is 1.49. The second-order valence-corrected chi connectivity index (χ2v) is 7.74. The third-order valence-corrected chi connectivity index (χ3v) is 5.29. The maximum atomic E-state index is 13.2. The second-order valence-electron chi connectivity index (χ2n) is 7.31. The van der Waals surface area contributed by atoms with Gasteiger partial charge >= 0.3 is 0 Å². The smallest absolute Gasteiger partial charge is 0.254 e. The Hall–Kier alpha value is -3.05. The van der Waals surface area contributed by atoms with Crippen molar-refractivity contribution in [1.29, 1.82) is 0 Å². The Morgan fingerprint density at radius 1 is 1.10 bits per heavy atom. The topological polar surface area (TPSA) is 51.7 Å². The molecule has 30 heavy (non-hydrogen) atoms. The van der Waals surface area contributed by atoms with Gasteiger partial charge in [0.15, 0.2) is 11.5 Å². The number of amides is 1. The van der Waals surface area contributed by atoms with Crippen molar-refractivity contribution >= 4 is 17.5 Å². The number of hydrogen-bond donors (Lipinski definition) is 0. The van der Waals surface area contributed by atoms with Gasteiger partial charge in [0.25, 0.3) is 5.91 Å². The van der Waals surface area contributed by atoms with Crippen LogP contribution < -0.4 is 9.47 Å². The summed E-state index contributed by atoms with van der Waals surface area (Å²) in [6.45, 7) is 0.935. The van der Waals surface area contributed by atoms with Crippen molar-refractivity contribution in [2.24, 2.45) is 0 Å². The van der Waals surface area contributed by atoms with Crippen molar-refractivity contribution in [3.63, 3.8) is 0 Å². The highest BCUT2D eigenvalue weighted by molar-refractivity contribution is 6.30. The van der Waals surface area contributed by atoms with E-state index in [0.717, 1.165) is 24.0 Å². The molecule has 1 amide bonds. The second kappa shape index (κ2) is 9.18. The van der Waals surface area contributed by atoms with E-state index in [-0.39, 0.29) is 11.9 Å². The third kappa shape index (κ3) is 4.92. The van der Waals surface area contributed by atoms with Crippen molar-refractivity contribution in [3.8, 4) is 11.5 Å². The average molecular weight is 423 g/mol. The van der Waals surface area contributed by atoms with Crippen LogP contribution in [0.4, 0.5) is 0 Å². The molecular weight excluding hydrogens is 400 g/mol. The summed E-state index contributed by atoms with van der Waals surface area (Å²) in [7, 11) is 1.58. The van der Waals surface area contributed by atoms with E-state index in [4.69, 9.17) is 21.1 Å². The van der Waals surface area contributed by atoms with Crippen LogP contribution in [0.5, 0.6) is 11.5 Å². The molecule has 0 bridgehead atoms. The van der Waals surface area contributed by atoms with Gasteiger partial charge in [-0.2, -0.15) is 0 Å². The lowest BCUT2D eigenvalue weighted by Gasteiger charge is -2.23. The molecule has 1 saturated carbocycles. The van der Waals surface area contributed by atoms with Crippen LogP contribution in [0.25, 0.3) is 0 Å². The average Bonchev–Trinajstić information content (AvgIpc) is 3.62. The number of halogens is 1. The number of carbonyl (C=O) groups is 1. The van der Waals surface area contributed by atoms with E-state index >= 15 is 0 Å². The van der Waals surface area contributed by atoms with Crippen LogP contribution in [-0.4, -0.2) is 28.9 Å². The molecule has 0 radical (unpaired) electrons. The molecule has 1 aliphatic rings. The fourth-order valence-electron chi connectivity index (χ4n) is 3.27. The van der Waals surface area contributed by atoms with Gasteiger partial charge in [-0.05, 0) is 60.4 Å². The molecule has 0 aliphatic heterocycles. The van der Waals surface area contributed by atoms with Gasteiger partial charge < -0.3 is 14.4 Å². The van der Waals surface area contributed by atoms with Gasteiger partial charge in [0.05, 0.1) is 7.11 Å². The summed E-state index contributed by atoms with van der Waals surface area (Å²) in [5.41, 5.74) is 2.60. The van der Waals surface area contributed by atoms with Crippen molar-refractivity contribution in [1.82, 2.24) is 9.88 Å². The molecule has 1 aromatic heterocycles. The molecule has 0 saturated heterocycles. The first-order valence-corrected chi connectivity index (χ1v) is 10.3. The molecule has 1 fully saturated rings. The summed E-state index contributed by atoms with van der Waals surface area (Å²) in [5.74, 6) is 1.12. The largest absolute Gasteiger partial charge is 0.493 e. The number of aromatic nitrogens is 1. The van der Waals surface area contributed by atoms with Crippen LogP contribution >= 0.6 is 11.6 Å². The number of pyridine rings is 1. The predicted molar refractivity (Wildman–Crippen MR) is 116 cm³/mol. The molecule has 2 aromatic carbocycles. The number of methoxy groups -OCH3 is 1. The fourth-order valence-corrected chi connectivity index (χ4v) is 3.39. The Morgan fingerprint density at radius 3 is 2.57 bits per heavy atom. The van der Waals surface area contributed by atoms with Crippen LogP contribution in [-0.2, 0) is 13.2 Å². The molecule has 154 valence electrons. The molecule has 6 heteroatoms. The lowest BCUT2D eigenvalue weighted by Crippen LogP contribution is -2.32. The highest BCUT2D eigenvalue weighted by atomic mass is 35.5. The van der Waals surface area contributed by atoms with Gasteiger partial charge in [0, 0.05) is 35.6 Å². The molecule has 1 aliphatic carbocycles. The number of ether oxygens (including phenoxy) is 2. The molecule has 4 rings (SSSR count). The minimum absolute atomic E-state index is 0.0103. The maximum absolute atomic E-state index is 13.2. The SMILES string of the molecule is COc1cc(C(=O)N(Cc2cccnc2)C2CC2)ccc1OCc1ccc(Cl)cc1. The lowest BCUT2D eigenvalue weighted by molar-refractivity contribution is 0.0729. The number of rotatable bonds is 8. The highest BCUT2D eigenvalue weighted by Gasteiger charge is 2.33. The normalized spacial score (nSPS) is 13.0. The minimum atomic E-state index is -0.0103. The van der Waals surface area contributed by atoms with Gasteiger partial charge in [-0.25, -0.2) is 0 Å². The highest BCUT2D eigenvalue weighted by Crippen LogP contribution is 2.33. The van der Waals surface area contributed by atoms with E-state index in [0.29, 0.717) is 35.2 Å². The number of hydrogen-bond acceptors (Lipinski definition) is 4. The molecule has 1 heterocycles. The zero-order valence-corrected chi connectivity index (χ0v) is 17.5. The zero-order chi connectivity index (χ0) is 20.9. The zero-order valence-electron chi connectivity index (χ0n) is 16.8. The predicted octanol–water partition coefficient (Wildman–Crippen LogP) is 5.13. The number of carbonyl (C=O) groups excluding carboxylic acids is 1. The Labute approximate surface area is 181 Å². The molecular formula is C24H23ClN2O3. The van der Waals surface area contributed by atoms with Crippen LogP contribution in [0.15, 0.2) is 67.0 Å². The molecule has 0 atom stereocenters. The molecule has 0 N–H and O–H groups in total. The van der Waals surface area contributed by atoms with Crippen LogP contribution in [0.3, 0.4) is 0 Å². The standard InChI is InChI=1S/C24H23ClN2O3/c1-29-23-13-19(6-11-22(23)30-16-17-4-7-20(25)8-5-17)24(28)27(21-9-10-21)15-18-3-2-12-26-14-18/h2-8,11-14,21H,9-10,15-16H2,1H3. The van der Waals surface area contributed by atoms with E-state index in [1.54, 1.807) is 37.7 Å². The number of nitrogens with zero attached hydrogens (tertiary/aromatic N) is 2.